The Labute approximate surface area is 130 Å². The van der Waals surface area contributed by atoms with E-state index in [9.17, 15) is 18.0 Å². The molecular formula is C13H12N2O5S2. The normalized spacial score (nSPS) is 11.0. The summed E-state index contributed by atoms with van der Waals surface area (Å²) in [6, 6.07) is 8.75. The third-order valence-electron chi connectivity index (χ3n) is 2.63. The molecule has 116 valence electrons. The first-order chi connectivity index (χ1) is 10.5. The number of rotatable bonds is 5. The monoisotopic (exact) mass is 340 g/mol. The summed E-state index contributed by atoms with van der Waals surface area (Å²) in [6.45, 7) is 0. The number of nitrogens with one attached hydrogen (secondary N) is 2. The minimum Gasteiger partial charge on any atom is -0.465 e. The van der Waals surface area contributed by atoms with Crippen LogP contribution in [0.2, 0.25) is 0 Å². The largest absolute Gasteiger partial charge is 0.465 e. The lowest BCUT2D eigenvalue weighted by atomic mass is 10.2. The summed E-state index contributed by atoms with van der Waals surface area (Å²) in [4.78, 5) is 25.4. The zero-order chi connectivity index (χ0) is 16.2. The van der Waals surface area contributed by atoms with Crippen molar-refractivity contribution in [2.75, 3.05) is 7.11 Å². The van der Waals surface area contributed by atoms with Crippen molar-refractivity contribution in [1.82, 2.24) is 10.3 Å². The van der Waals surface area contributed by atoms with Gasteiger partial charge in [0.1, 0.15) is 0 Å². The predicted octanol–water partition coefficient (Wildman–Crippen LogP) is 1.16. The topological polar surface area (TPSA) is 102 Å². The Hall–Kier alpha value is -2.23. The van der Waals surface area contributed by atoms with E-state index in [0.717, 1.165) is 7.11 Å². The van der Waals surface area contributed by atoms with E-state index in [1.807, 2.05) is 4.83 Å². The molecule has 0 aliphatic heterocycles. The zero-order valence-corrected chi connectivity index (χ0v) is 13.0. The minimum absolute atomic E-state index is 0.122. The van der Waals surface area contributed by atoms with Gasteiger partial charge in [0.15, 0.2) is 0 Å². The van der Waals surface area contributed by atoms with E-state index < -0.39 is 21.9 Å². The molecule has 0 fully saturated rings. The van der Waals surface area contributed by atoms with Gasteiger partial charge in [0, 0.05) is 0 Å². The van der Waals surface area contributed by atoms with Gasteiger partial charge in [0.05, 0.1) is 22.4 Å². The molecule has 7 nitrogen and oxygen atoms in total. The van der Waals surface area contributed by atoms with E-state index in [0.29, 0.717) is 4.88 Å². The Morgan fingerprint density at radius 3 is 2.50 bits per heavy atom. The zero-order valence-electron chi connectivity index (χ0n) is 11.4. The molecule has 0 unspecified atom stereocenters. The average molecular weight is 340 g/mol. The lowest BCUT2D eigenvalue weighted by Crippen LogP contribution is -2.41. The first kappa shape index (κ1) is 16.1. The first-order valence-electron chi connectivity index (χ1n) is 5.98. The molecule has 0 radical (unpaired) electrons. The molecule has 0 bridgehead atoms. The van der Waals surface area contributed by atoms with E-state index in [4.69, 9.17) is 0 Å². The number of amides is 1. The van der Waals surface area contributed by atoms with Crippen LogP contribution in [0, 0.1) is 0 Å². The van der Waals surface area contributed by atoms with Gasteiger partial charge in [-0.25, -0.2) is 13.2 Å². The van der Waals surface area contributed by atoms with E-state index in [1.165, 1.54) is 35.6 Å². The van der Waals surface area contributed by atoms with Crippen molar-refractivity contribution in [2.45, 2.75) is 4.90 Å². The van der Waals surface area contributed by atoms with Crippen molar-refractivity contribution in [1.29, 1.82) is 0 Å². The van der Waals surface area contributed by atoms with Crippen molar-refractivity contribution in [3.8, 4) is 0 Å². The Morgan fingerprint density at radius 2 is 1.86 bits per heavy atom. The van der Waals surface area contributed by atoms with Gasteiger partial charge in [0.2, 0.25) is 0 Å². The summed E-state index contributed by atoms with van der Waals surface area (Å²) >= 11 is 1.17. The molecule has 2 rings (SSSR count). The fourth-order valence-electron chi connectivity index (χ4n) is 1.62. The average Bonchev–Trinajstić information content (AvgIpc) is 3.06. The van der Waals surface area contributed by atoms with Crippen LogP contribution in [0.5, 0.6) is 0 Å². The van der Waals surface area contributed by atoms with Crippen molar-refractivity contribution >= 4 is 33.2 Å². The van der Waals surface area contributed by atoms with Crippen molar-refractivity contribution in [3.63, 3.8) is 0 Å². The number of ether oxygens (including phenoxy) is 1. The Balaban J connectivity index is 2.21. The van der Waals surface area contributed by atoms with Crippen LogP contribution >= 0.6 is 11.3 Å². The van der Waals surface area contributed by atoms with Gasteiger partial charge >= 0.3 is 5.97 Å². The third-order valence-corrected chi connectivity index (χ3v) is 4.80. The number of carbonyl (C=O) groups is 2. The van der Waals surface area contributed by atoms with Crippen molar-refractivity contribution in [2.24, 2.45) is 0 Å². The number of thiophene rings is 1. The number of methoxy groups -OCH3 is 1. The fourth-order valence-corrected chi connectivity index (χ4v) is 3.27. The number of hydrogen-bond acceptors (Lipinski definition) is 6. The van der Waals surface area contributed by atoms with Crippen molar-refractivity contribution in [3.05, 3.63) is 52.2 Å². The highest BCUT2D eigenvalue weighted by Gasteiger charge is 2.23. The number of benzene rings is 1. The quantitative estimate of drug-likeness (QED) is 0.628. The lowest BCUT2D eigenvalue weighted by Gasteiger charge is -2.10. The predicted molar refractivity (Wildman–Crippen MR) is 79.9 cm³/mol. The fraction of sp³-hybridized carbons (Fsp3) is 0.0769. The molecule has 22 heavy (non-hydrogen) atoms. The minimum atomic E-state index is -4.11. The molecule has 2 N–H and O–H groups in total. The number of sulfonamides is 1. The van der Waals surface area contributed by atoms with Crippen LogP contribution < -0.4 is 10.3 Å². The maximum Gasteiger partial charge on any atom is 0.339 e. The Kier molecular flexibility index (Phi) is 4.91. The highest BCUT2D eigenvalue weighted by Crippen LogP contribution is 2.16. The van der Waals surface area contributed by atoms with Crippen LogP contribution in [0.3, 0.4) is 0 Å². The second-order valence-corrected chi connectivity index (χ2v) is 6.62. The molecule has 1 heterocycles. The Bertz CT molecular complexity index is 785. The summed E-state index contributed by atoms with van der Waals surface area (Å²) in [5, 5.41) is 1.69. The third kappa shape index (κ3) is 3.50. The SMILES string of the molecule is COC(=O)c1ccccc1S(=O)(=O)NNC(=O)c1cccs1. The summed E-state index contributed by atoms with van der Waals surface area (Å²) in [5.41, 5.74) is 1.97. The molecule has 0 saturated carbocycles. The number of esters is 1. The lowest BCUT2D eigenvalue weighted by molar-refractivity contribution is 0.0596. The van der Waals surface area contributed by atoms with Gasteiger partial charge in [-0.15, -0.1) is 16.2 Å². The van der Waals surface area contributed by atoms with Gasteiger partial charge in [-0.1, -0.05) is 18.2 Å². The molecule has 1 aromatic carbocycles. The number of hydrazine groups is 1. The van der Waals surface area contributed by atoms with E-state index in [-0.39, 0.29) is 10.5 Å². The van der Waals surface area contributed by atoms with Crippen LogP contribution in [0.1, 0.15) is 20.0 Å². The van der Waals surface area contributed by atoms with E-state index in [1.54, 1.807) is 17.5 Å². The Morgan fingerprint density at radius 1 is 1.14 bits per heavy atom. The second kappa shape index (κ2) is 6.69. The number of carbonyl (C=O) groups excluding carboxylic acids is 2. The molecule has 0 saturated heterocycles. The maximum absolute atomic E-state index is 12.2. The van der Waals surface area contributed by atoms with Crippen LogP contribution in [0.25, 0.3) is 0 Å². The molecule has 0 atom stereocenters. The smallest absolute Gasteiger partial charge is 0.339 e. The molecule has 1 amide bonds. The second-order valence-electron chi connectivity index (χ2n) is 4.02. The van der Waals surface area contributed by atoms with E-state index in [2.05, 4.69) is 10.2 Å². The number of hydrogen-bond donors (Lipinski definition) is 2. The van der Waals surface area contributed by atoms with Crippen LogP contribution in [-0.2, 0) is 14.8 Å². The molecule has 0 aliphatic rings. The van der Waals surface area contributed by atoms with Gasteiger partial charge in [-0.3, -0.25) is 10.2 Å². The highest BCUT2D eigenvalue weighted by molar-refractivity contribution is 7.89. The van der Waals surface area contributed by atoms with Crippen LogP contribution in [0.15, 0.2) is 46.7 Å². The van der Waals surface area contributed by atoms with Gasteiger partial charge < -0.3 is 4.74 Å². The van der Waals surface area contributed by atoms with Gasteiger partial charge in [-0.2, -0.15) is 0 Å². The summed E-state index contributed by atoms with van der Waals surface area (Å²) < 4.78 is 29.0. The first-order valence-corrected chi connectivity index (χ1v) is 8.35. The molecule has 1 aromatic heterocycles. The van der Waals surface area contributed by atoms with Crippen LogP contribution in [-0.4, -0.2) is 27.4 Å². The summed E-state index contributed by atoms with van der Waals surface area (Å²) in [6.07, 6.45) is 0. The van der Waals surface area contributed by atoms with E-state index >= 15 is 0 Å². The molecule has 9 heteroatoms. The van der Waals surface area contributed by atoms with Gasteiger partial charge in [-0.05, 0) is 23.6 Å². The standard InChI is InChI=1S/C13H12N2O5S2/c1-20-13(17)9-5-2-3-7-11(9)22(18,19)15-14-12(16)10-6-4-8-21-10/h2-8,15H,1H3,(H,14,16). The molecule has 0 aliphatic carbocycles. The maximum atomic E-state index is 12.2. The molecule has 2 aromatic rings. The van der Waals surface area contributed by atoms with Crippen molar-refractivity contribution < 1.29 is 22.7 Å². The van der Waals surface area contributed by atoms with Gasteiger partial charge in [0.25, 0.3) is 15.9 Å². The molecule has 0 spiro atoms. The highest BCUT2D eigenvalue weighted by atomic mass is 32.2. The summed E-state index contributed by atoms with van der Waals surface area (Å²) in [5.74, 6) is -1.38. The van der Waals surface area contributed by atoms with Crippen LogP contribution in [0.4, 0.5) is 0 Å². The summed E-state index contributed by atoms with van der Waals surface area (Å²) in [7, 11) is -2.96. The molecular weight excluding hydrogens is 328 g/mol.